The van der Waals surface area contributed by atoms with Gasteiger partial charge < -0.3 is 9.31 Å². The molecular weight excluding hydrogens is 289 g/mol. The molecule has 23 heavy (non-hydrogen) atoms. The molecule has 0 aliphatic carbocycles. The molecule has 0 radical (unpaired) electrons. The first-order valence-electron chi connectivity index (χ1n) is 7.85. The van der Waals surface area contributed by atoms with Gasteiger partial charge in [-0.15, -0.1) is 0 Å². The highest BCUT2D eigenvalue weighted by Gasteiger charge is 2.51. The first-order chi connectivity index (χ1) is 10.7. The molecule has 4 nitrogen and oxygen atoms in total. The van der Waals surface area contributed by atoms with Gasteiger partial charge in [0.15, 0.2) is 0 Å². The maximum absolute atomic E-state index is 12.1. The Bertz CT molecular complexity index is 779. The molecule has 2 heterocycles. The molecule has 1 aliphatic heterocycles. The molecule has 1 aliphatic rings. The normalized spacial score (nSPS) is 19.1. The number of rotatable bonds is 2. The predicted octanol–water partition coefficient (Wildman–Crippen LogP) is 2.45. The third-order valence-corrected chi connectivity index (χ3v) is 4.73. The molecule has 1 aromatic heterocycles. The molecule has 0 amide bonds. The summed E-state index contributed by atoms with van der Waals surface area (Å²) < 4.78 is 13.8. The quantitative estimate of drug-likeness (QED) is 0.800. The minimum atomic E-state index is -0.430. The van der Waals surface area contributed by atoms with Crippen LogP contribution in [0.25, 0.3) is 5.69 Å². The van der Waals surface area contributed by atoms with Crippen molar-refractivity contribution in [2.24, 2.45) is 0 Å². The van der Waals surface area contributed by atoms with Crippen LogP contribution in [-0.2, 0) is 9.31 Å². The van der Waals surface area contributed by atoms with Crippen molar-refractivity contribution in [1.82, 2.24) is 4.57 Å². The van der Waals surface area contributed by atoms with Crippen LogP contribution in [0, 0.1) is 6.92 Å². The van der Waals surface area contributed by atoms with Crippen molar-refractivity contribution in [2.75, 3.05) is 0 Å². The maximum atomic E-state index is 12.1. The van der Waals surface area contributed by atoms with E-state index in [1.807, 2.05) is 71.1 Å². The second-order valence-corrected chi connectivity index (χ2v) is 7.10. The average Bonchev–Trinajstić information content (AvgIpc) is 2.70. The summed E-state index contributed by atoms with van der Waals surface area (Å²) in [4.78, 5) is 12.1. The monoisotopic (exact) mass is 311 g/mol. The summed E-state index contributed by atoms with van der Waals surface area (Å²) in [5.41, 5.74) is 1.94. The molecule has 0 saturated carbocycles. The lowest BCUT2D eigenvalue weighted by atomic mass is 9.79. The molecule has 1 fully saturated rings. The van der Waals surface area contributed by atoms with E-state index in [4.69, 9.17) is 9.31 Å². The van der Waals surface area contributed by atoms with Gasteiger partial charge >= 0.3 is 7.12 Å². The van der Waals surface area contributed by atoms with Crippen LogP contribution in [0.15, 0.2) is 47.4 Å². The van der Waals surface area contributed by atoms with E-state index < -0.39 is 7.12 Å². The predicted molar refractivity (Wildman–Crippen MR) is 92.5 cm³/mol. The Kier molecular flexibility index (Phi) is 3.73. The van der Waals surface area contributed by atoms with E-state index in [0.717, 1.165) is 16.7 Å². The van der Waals surface area contributed by atoms with Crippen LogP contribution in [0.4, 0.5) is 0 Å². The number of benzene rings is 1. The summed E-state index contributed by atoms with van der Waals surface area (Å²) in [7, 11) is -0.430. The zero-order chi connectivity index (χ0) is 16.8. The van der Waals surface area contributed by atoms with Gasteiger partial charge in [0.25, 0.3) is 5.56 Å². The molecule has 1 aromatic carbocycles. The van der Waals surface area contributed by atoms with E-state index in [2.05, 4.69) is 0 Å². The third kappa shape index (κ3) is 2.86. The fraction of sp³-hybridized carbons (Fsp3) is 0.389. The van der Waals surface area contributed by atoms with Crippen molar-refractivity contribution in [1.29, 1.82) is 0 Å². The second kappa shape index (κ2) is 5.36. The number of pyridine rings is 1. The van der Waals surface area contributed by atoms with Crippen molar-refractivity contribution in [3.63, 3.8) is 0 Å². The van der Waals surface area contributed by atoms with Crippen LogP contribution < -0.4 is 11.0 Å². The summed E-state index contributed by atoms with van der Waals surface area (Å²) >= 11 is 0. The molecule has 0 atom stereocenters. The van der Waals surface area contributed by atoms with Gasteiger partial charge in [-0.25, -0.2) is 0 Å². The molecule has 3 rings (SSSR count). The van der Waals surface area contributed by atoms with E-state index in [1.54, 1.807) is 10.6 Å². The van der Waals surface area contributed by atoms with Gasteiger partial charge in [-0.1, -0.05) is 18.2 Å². The van der Waals surface area contributed by atoms with Gasteiger partial charge in [-0.2, -0.15) is 0 Å². The average molecular weight is 311 g/mol. The Labute approximate surface area is 137 Å². The van der Waals surface area contributed by atoms with E-state index in [9.17, 15) is 4.79 Å². The summed E-state index contributed by atoms with van der Waals surface area (Å²) in [6.45, 7) is 10.1. The smallest absolute Gasteiger partial charge is 0.399 e. The van der Waals surface area contributed by atoms with Crippen LogP contribution in [0.5, 0.6) is 0 Å². The first kappa shape index (κ1) is 16.0. The number of aromatic nitrogens is 1. The lowest BCUT2D eigenvalue weighted by Crippen LogP contribution is -2.41. The summed E-state index contributed by atoms with van der Waals surface area (Å²) in [5, 5.41) is 0. The van der Waals surface area contributed by atoms with Crippen LogP contribution in [0.1, 0.15) is 33.3 Å². The molecule has 0 unspecified atom stereocenters. The van der Waals surface area contributed by atoms with E-state index in [1.165, 1.54) is 0 Å². The van der Waals surface area contributed by atoms with E-state index in [-0.39, 0.29) is 16.8 Å². The van der Waals surface area contributed by atoms with Crippen molar-refractivity contribution in [2.45, 2.75) is 45.8 Å². The topological polar surface area (TPSA) is 40.5 Å². The minimum absolute atomic E-state index is 0.0540. The minimum Gasteiger partial charge on any atom is -0.399 e. The lowest BCUT2D eigenvalue weighted by Gasteiger charge is -2.32. The number of hydrogen-bond acceptors (Lipinski definition) is 3. The third-order valence-electron chi connectivity index (χ3n) is 4.73. The van der Waals surface area contributed by atoms with Crippen molar-refractivity contribution in [3.8, 4) is 5.69 Å². The van der Waals surface area contributed by atoms with Crippen LogP contribution in [0.3, 0.4) is 0 Å². The SMILES string of the molecule is Cc1ccc(=O)n(-c2cccc(B3OC(C)(C)C(C)(C)O3)c2)c1. The zero-order valence-corrected chi connectivity index (χ0v) is 14.3. The summed E-state index contributed by atoms with van der Waals surface area (Å²) in [6, 6.07) is 11.1. The van der Waals surface area contributed by atoms with Gasteiger partial charge in [0.05, 0.1) is 11.2 Å². The van der Waals surface area contributed by atoms with Crippen molar-refractivity contribution < 1.29 is 9.31 Å². The Balaban J connectivity index is 1.99. The molecule has 0 spiro atoms. The van der Waals surface area contributed by atoms with Crippen molar-refractivity contribution >= 4 is 12.6 Å². The Morgan fingerprint density at radius 3 is 2.30 bits per heavy atom. The fourth-order valence-corrected chi connectivity index (χ4v) is 2.60. The lowest BCUT2D eigenvalue weighted by molar-refractivity contribution is 0.00578. The Morgan fingerprint density at radius 2 is 1.65 bits per heavy atom. The van der Waals surface area contributed by atoms with Crippen LogP contribution in [0.2, 0.25) is 0 Å². The van der Waals surface area contributed by atoms with E-state index >= 15 is 0 Å². The van der Waals surface area contributed by atoms with E-state index in [0.29, 0.717) is 0 Å². The highest BCUT2D eigenvalue weighted by atomic mass is 16.7. The largest absolute Gasteiger partial charge is 0.494 e. The standard InChI is InChI=1S/C18H22BNO3/c1-13-9-10-16(21)20(12-13)15-8-6-7-14(11-15)19-22-17(2,3)18(4,5)23-19/h6-12H,1-5H3. The molecule has 120 valence electrons. The Morgan fingerprint density at radius 1 is 1.00 bits per heavy atom. The van der Waals surface area contributed by atoms with Gasteiger partial charge in [0.2, 0.25) is 0 Å². The van der Waals surface area contributed by atoms with Crippen molar-refractivity contribution in [3.05, 3.63) is 58.5 Å². The first-order valence-corrected chi connectivity index (χ1v) is 7.85. The van der Waals surface area contributed by atoms with Gasteiger partial charge in [-0.05, 0) is 57.8 Å². The second-order valence-electron chi connectivity index (χ2n) is 7.10. The van der Waals surface area contributed by atoms with Gasteiger partial charge in [0.1, 0.15) is 0 Å². The number of nitrogens with zero attached hydrogens (tertiary/aromatic N) is 1. The summed E-state index contributed by atoms with van der Waals surface area (Å²) in [5.74, 6) is 0. The Hall–Kier alpha value is -1.85. The van der Waals surface area contributed by atoms with Crippen LogP contribution in [-0.4, -0.2) is 22.9 Å². The van der Waals surface area contributed by atoms with Gasteiger partial charge in [-0.3, -0.25) is 9.36 Å². The highest BCUT2D eigenvalue weighted by Crippen LogP contribution is 2.36. The fourth-order valence-electron chi connectivity index (χ4n) is 2.60. The van der Waals surface area contributed by atoms with Crippen LogP contribution >= 0.6 is 0 Å². The number of hydrogen-bond donors (Lipinski definition) is 0. The number of aryl methyl sites for hydroxylation is 1. The highest BCUT2D eigenvalue weighted by molar-refractivity contribution is 6.62. The molecular formula is C18H22BNO3. The molecule has 1 saturated heterocycles. The summed E-state index contributed by atoms with van der Waals surface area (Å²) in [6.07, 6.45) is 1.84. The van der Waals surface area contributed by atoms with Gasteiger partial charge in [0, 0.05) is 18.0 Å². The maximum Gasteiger partial charge on any atom is 0.494 e. The molecule has 2 aromatic rings. The zero-order valence-electron chi connectivity index (χ0n) is 14.3. The molecule has 5 heteroatoms. The molecule has 0 N–H and O–H groups in total. The molecule has 0 bridgehead atoms.